The lowest BCUT2D eigenvalue weighted by Crippen LogP contribution is -2.18. The number of pyridine rings is 1. The van der Waals surface area contributed by atoms with Gasteiger partial charge in [0.1, 0.15) is 5.69 Å². The van der Waals surface area contributed by atoms with Crippen molar-refractivity contribution in [3.63, 3.8) is 0 Å². The standard InChI is InChI=1S/C12H18N2O/c1-4-8-14(3)10-6-7-11(13-9-10)12(15)5-2/h6-7,9H,4-5,8H2,1-3H3. The van der Waals surface area contributed by atoms with Crippen molar-refractivity contribution in [2.45, 2.75) is 26.7 Å². The van der Waals surface area contributed by atoms with E-state index in [1.54, 1.807) is 12.3 Å². The number of Topliss-reactive ketones (excluding diaryl/α,β-unsaturated/α-hetero) is 1. The number of hydrogen-bond donors (Lipinski definition) is 0. The van der Waals surface area contributed by atoms with Gasteiger partial charge in [0.05, 0.1) is 11.9 Å². The Labute approximate surface area is 91.1 Å². The minimum absolute atomic E-state index is 0.0969. The highest BCUT2D eigenvalue weighted by atomic mass is 16.1. The highest BCUT2D eigenvalue weighted by Crippen LogP contribution is 2.12. The van der Waals surface area contributed by atoms with Gasteiger partial charge in [-0.25, -0.2) is 0 Å². The molecule has 0 fully saturated rings. The fourth-order valence-electron chi connectivity index (χ4n) is 1.42. The SMILES string of the molecule is CCCN(C)c1ccc(C(=O)CC)nc1. The smallest absolute Gasteiger partial charge is 0.180 e. The predicted molar refractivity (Wildman–Crippen MR) is 62.4 cm³/mol. The molecule has 15 heavy (non-hydrogen) atoms. The van der Waals surface area contributed by atoms with Crippen molar-refractivity contribution in [2.24, 2.45) is 0 Å². The van der Waals surface area contributed by atoms with E-state index in [0.29, 0.717) is 12.1 Å². The molecule has 1 aromatic rings. The molecule has 0 amide bonds. The lowest BCUT2D eigenvalue weighted by molar-refractivity contribution is 0.0983. The molecule has 0 saturated carbocycles. The van der Waals surface area contributed by atoms with Gasteiger partial charge in [0.15, 0.2) is 5.78 Å². The third-order valence-corrected chi connectivity index (χ3v) is 2.35. The highest BCUT2D eigenvalue weighted by molar-refractivity contribution is 5.94. The van der Waals surface area contributed by atoms with Gasteiger partial charge in [-0.3, -0.25) is 9.78 Å². The van der Waals surface area contributed by atoms with E-state index in [0.717, 1.165) is 18.7 Å². The van der Waals surface area contributed by atoms with Crippen LogP contribution >= 0.6 is 0 Å². The second kappa shape index (κ2) is 5.49. The van der Waals surface area contributed by atoms with Crippen LogP contribution in [0.2, 0.25) is 0 Å². The quantitative estimate of drug-likeness (QED) is 0.694. The lowest BCUT2D eigenvalue weighted by Gasteiger charge is -2.17. The molecule has 1 aromatic heterocycles. The lowest BCUT2D eigenvalue weighted by atomic mass is 10.2. The first-order valence-corrected chi connectivity index (χ1v) is 5.39. The molecule has 1 rings (SSSR count). The molecular formula is C12H18N2O. The van der Waals surface area contributed by atoms with E-state index in [-0.39, 0.29) is 5.78 Å². The van der Waals surface area contributed by atoms with Crippen LogP contribution in [0.1, 0.15) is 37.2 Å². The zero-order valence-corrected chi connectivity index (χ0v) is 9.66. The first kappa shape index (κ1) is 11.7. The Kier molecular flexibility index (Phi) is 4.28. The molecule has 1 heterocycles. The Bertz CT molecular complexity index is 319. The molecule has 0 N–H and O–H groups in total. The summed E-state index contributed by atoms with van der Waals surface area (Å²) in [5.74, 6) is 0.0969. The summed E-state index contributed by atoms with van der Waals surface area (Å²) in [6.45, 7) is 4.99. The summed E-state index contributed by atoms with van der Waals surface area (Å²) in [6, 6.07) is 3.75. The molecule has 0 spiro atoms. The summed E-state index contributed by atoms with van der Waals surface area (Å²) in [7, 11) is 2.03. The van der Waals surface area contributed by atoms with Crippen LogP contribution in [0.5, 0.6) is 0 Å². The van der Waals surface area contributed by atoms with Crippen molar-refractivity contribution in [3.8, 4) is 0 Å². The van der Waals surface area contributed by atoms with Crippen molar-refractivity contribution < 1.29 is 4.79 Å². The van der Waals surface area contributed by atoms with Crippen LogP contribution in [0.4, 0.5) is 5.69 Å². The maximum Gasteiger partial charge on any atom is 0.180 e. The average molecular weight is 206 g/mol. The summed E-state index contributed by atoms with van der Waals surface area (Å²) >= 11 is 0. The van der Waals surface area contributed by atoms with Crippen LogP contribution in [0.25, 0.3) is 0 Å². The van der Waals surface area contributed by atoms with Crippen LogP contribution in [-0.4, -0.2) is 24.4 Å². The van der Waals surface area contributed by atoms with E-state index in [4.69, 9.17) is 0 Å². The summed E-state index contributed by atoms with van der Waals surface area (Å²) < 4.78 is 0. The molecule has 0 bridgehead atoms. The Balaban J connectivity index is 2.76. The summed E-state index contributed by atoms with van der Waals surface area (Å²) in [4.78, 5) is 17.6. The van der Waals surface area contributed by atoms with Gasteiger partial charge in [0.25, 0.3) is 0 Å². The molecule has 0 aliphatic carbocycles. The van der Waals surface area contributed by atoms with Crippen LogP contribution in [0.15, 0.2) is 18.3 Å². The zero-order chi connectivity index (χ0) is 11.3. The second-order valence-electron chi connectivity index (χ2n) is 3.60. The van der Waals surface area contributed by atoms with Gasteiger partial charge in [-0.05, 0) is 18.6 Å². The molecule has 0 atom stereocenters. The van der Waals surface area contributed by atoms with Gasteiger partial charge < -0.3 is 4.90 Å². The van der Waals surface area contributed by atoms with E-state index in [2.05, 4.69) is 16.8 Å². The maximum atomic E-state index is 11.3. The van der Waals surface area contributed by atoms with Crippen molar-refractivity contribution in [1.29, 1.82) is 0 Å². The third kappa shape index (κ3) is 3.05. The summed E-state index contributed by atoms with van der Waals surface area (Å²) in [5, 5.41) is 0. The number of nitrogens with zero attached hydrogens (tertiary/aromatic N) is 2. The Morgan fingerprint density at radius 2 is 2.13 bits per heavy atom. The molecule has 82 valence electrons. The molecule has 3 nitrogen and oxygen atoms in total. The summed E-state index contributed by atoms with van der Waals surface area (Å²) in [5.41, 5.74) is 1.62. The van der Waals surface area contributed by atoms with Gasteiger partial charge in [-0.15, -0.1) is 0 Å². The van der Waals surface area contributed by atoms with Gasteiger partial charge in [-0.2, -0.15) is 0 Å². The number of aromatic nitrogens is 1. The molecule has 0 aromatic carbocycles. The van der Waals surface area contributed by atoms with Crippen molar-refractivity contribution in [1.82, 2.24) is 4.98 Å². The van der Waals surface area contributed by atoms with Crippen LogP contribution in [0.3, 0.4) is 0 Å². The van der Waals surface area contributed by atoms with E-state index < -0.39 is 0 Å². The molecule has 0 unspecified atom stereocenters. The Morgan fingerprint density at radius 3 is 2.60 bits per heavy atom. The highest BCUT2D eigenvalue weighted by Gasteiger charge is 2.05. The Morgan fingerprint density at radius 1 is 1.40 bits per heavy atom. The first-order valence-electron chi connectivity index (χ1n) is 5.39. The number of ketones is 1. The van der Waals surface area contributed by atoms with Crippen LogP contribution in [0, 0.1) is 0 Å². The average Bonchev–Trinajstić information content (AvgIpc) is 2.28. The topological polar surface area (TPSA) is 33.2 Å². The van der Waals surface area contributed by atoms with E-state index in [9.17, 15) is 4.79 Å². The molecule has 0 radical (unpaired) electrons. The predicted octanol–water partition coefficient (Wildman–Crippen LogP) is 2.52. The fraction of sp³-hybridized carbons (Fsp3) is 0.500. The molecular weight excluding hydrogens is 188 g/mol. The molecule has 3 heteroatoms. The van der Waals surface area contributed by atoms with Gasteiger partial charge >= 0.3 is 0 Å². The van der Waals surface area contributed by atoms with Crippen molar-refractivity contribution in [3.05, 3.63) is 24.0 Å². The van der Waals surface area contributed by atoms with Crippen LogP contribution < -0.4 is 4.90 Å². The number of anilines is 1. The van der Waals surface area contributed by atoms with Crippen molar-refractivity contribution >= 4 is 11.5 Å². The summed E-state index contributed by atoms with van der Waals surface area (Å²) in [6.07, 6.45) is 3.38. The molecule has 0 aliphatic heterocycles. The number of carbonyl (C=O) groups is 1. The maximum absolute atomic E-state index is 11.3. The monoisotopic (exact) mass is 206 g/mol. The number of rotatable bonds is 5. The number of hydrogen-bond acceptors (Lipinski definition) is 3. The van der Waals surface area contributed by atoms with Gasteiger partial charge in [-0.1, -0.05) is 13.8 Å². The van der Waals surface area contributed by atoms with Gasteiger partial charge in [0, 0.05) is 20.0 Å². The minimum Gasteiger partial charge on any atom is -0.373 e. The van der Waals surface area contributed by atoms with Gasteiger partial charge in [0.2, 0.25) is 0 Å². The largest absolute Gasteiger partial charge is 0.373 e. The minimum atomic E-state index is 0.0969. The van der Waals surface area contributed by atoms with E-state index >= 15 is 0 Å². The van der Waals surface area contributed by atoms with Crippen LogP contribution in [-0.2, 0) is 0 Å². The first-order chi connectivity index (χ1) is 7.19. The molecule has 0 saturated heterocycles. The molecule has 0 aliphatic rings. The van der Waals surface area contributed by atoms with E-state index in [1.807, 2.05) is 20.0 Å². The Hall–Kier alpha value is -1.38. The fourth-order valence-corrected chi connectivity index (χ4v) is 1.42. The zero-order valence-electron chi connectivity index (χ0n) is 9.66. The third-order valence-electron chi connectivity index (χ3n) is 2.35. The van der Waals surface area contributed by atoms with Crippen molar-refractivity contribution in [2.75, 3.05) is 18.5 Å². The second-order valence-corrected chi connectivity index (χ2v) is 3.60. The van der Waals surface area contributed by atoms with E-state index in [1.165, 1.54) is 0 Å². The normalized spacial score (nSPS) is 10.1. The number of carbonyl (C=O) groups excluding carboxylic acids is 1.